The first-order valence-corrected chi connectivity index (χ1v) is 47.0. The summed E-state index contributed by atoms with van der Waals surface area (Å²) in [5.41, 5.74) is 14.1. The summed E-state index contributed by atoms with van der Waals surface area (Å²) in [6, 6.07) is 26.8. The third kappa shape index (κ3) is 29.3. The zero-order chi connectivity index (χ0) is 89.4. The van der Waals surface area contributed by atoms with Crippen LogP contribution >= 0.6 is 0 Å². The normalized spacial score (nSPS) is 22.1. The summed E-state index contributed by atoms with van der Waals surface area (Å²) < 4.78 is 0. The monoisotopic (exact) mass is 1720 g/mol. The Kier molecular flexibility index (Phi) is 37.0. The Balaban J connectivity index is 0.000000152. The van der Waals surface area contributed by atoms with Crippen molar-refractivity contribution in [1.82, 2.24) is 77.3 Å². The van der Waals surface area contributed by atoms with E-state index in [0.29, 0.717) is 88.5 Å². The molecule has 5 aromatic rings. The molecule has 3 saturated heterocycles. The van der Waals surface area contributed by atoms with Gasteiger partial charge in [0.1, 0.15) is 28.7 Å². The number of carbonyl (C=O) groups is 5. The van der Waals surface area contributed by atoms with E-state index in [4.69, 9.17) is 0 Å². The van der Waals surface area contributed by atoms with Gasteiger partial charge in [-0.05, 0) is 282 Å². The number of nitrogens with zero attached hydrogens (tertiary/aromatic N) is 6. The Hall–Kier alpha value is -8.47. The minimum atomic E-state index is -0.214. The van der Waals surface area contributed by atoms with E-state index in [0.717, 1.165) is 179 Å². The first-order chi connectivity index (χ1) is 59.9. The van der Waals surface area contributed by atoms with Crippen LogP contribution in [0, 0.1) is 29.6 Å². The van der Waals surface area contributed by atoms with E-state index >= 15 is 0 Å². The molecule has 0 spiro atoms. The topological polar surface area (TPSA) is 314 Å². The number of hydrogen-bond donors (Lipinski definition) is 14. The summed E-state index contributed by atoms with van der Waals surface area (Å²) in [5, 5.41) is 77.3. The van der Waals surface area contributed by atoms with E-state index in [-0.39, 0.29) is 113 Å². The molecular formula is C100H151N15O10. The van der Waals surface area contributed by atoms with Crippen LogP contribution in [0.15, 0.2) is 114 Å². The molecule has 5 amide bonds. The molecular weight excluding hydrogens is 1570 g/mol. The van der Waals surface area contributed by atoms with E-state index < -0.39 is 0 Å². The number of carbonyl (C=O) groups excluding carboxylic acids is 5. The number of benzene rings is 5. The molecule has 0 saturated carbocycles. The second-order valence-corrected chi connectivity index (χ2v) is 38.5. The molecule has 10 aliphatic heterocycles. The highest BCUT2D eigenvalue weighted by Crippen LogP contribution is 2.30. The molecule has 10 heterocycles. The van der Waals surface area contributed by atoms with Gasteiger partial charge in [-0.3, -0.25) is 33.8 Å². The van der Waals surface area contributed by atoms with E-state index in [9.17, 15) is 49.5 Å². The lowest BCUT2D eigenvalue weighted by Gasteiger charge is -2.40. The zero-order valence-corrected chi connectivity index (χ0v) is 77.1. The molecule has 0 aliphatic carbocycles. The van der Waals surface area contributed by atoms with Crippen molar-refractivity contribution in [3.8, 4) is 28.7 Å². The Bertz CT molecular complexity index is 4400. The molecule has 15 rings (SSSR count). The highest BCUT2D eigenvalue weighted by molar-refractivity contribution is 5.85. The number of rotatable bonds is 24. The van der Waals surface area contributed by atoms with Crippen molar-refractivity contribution in [3.05, 3.63) is 170 Å². The number of nitrogens with one attached hydrogen (secondary N) is 9. The van der Waals surface area contributed by atoms with Crippen molar-refractivity contribution in [2.45, 2.75) is 253 Å². The van der Waals surface area contributed by atoms with Crippen molar-refractivity contribution in [2.24, 2.45) is 29.6 Å². The lowest BCUT2D eigenvalue weighted by Crippen LogP contribution is -2.55. The molecule has 10 aliphatic rings. The fourth-order valence-corrected chi connectivity index (χ4v) is 18.8. The highest BCUT2D eigenvalue weighted by Gasteiger charge is 2.36. The fraction of sp³-hybridized carbons (Fsp3) is 0.610. The Morgan fingerprint density at radius 3 is 1.14 bits per heavy atom. The average Bonchev–Trinajstić information content (AvgIpc) is 1.12. The third-order valence-corrected chi connectivity index (χ3v) is 27.5. The second-order valence-electron chi connectivity index (χ2n) is 38.5. The van der Waals surface area contributed by atoms with Crippen LogP contribution in [-0.4, -0.2) is 251 Å². The van der Waals surface area contributed by atoms with Gasteiger partial charge < -0.3 is 93.0 Å². The summed E-state index contributed by atoms with van der Waals surface area (Å²) >= 11 is 0. The largest absolute Gasteiger partial charge is 0.508 e. The minimum absolute atomic E-state index is 0.0741. The lowest BCUT2D eigenvalue weighted by molar-refractivity contribution is -0.136. The molecule has 9 atom stereocenters. The average molecular weight is 1720 g/mol. The maximum Gasteiger partial charge on any atom is 0.240 e. The van der Waals surface area contributed by atoms with E-state index in [1.807, 2.05) is 42.3 Å². The predicted molar refractivity (Wildman–Crippen MR) is 497 cm³/mol. The molecule has 14 N–H and O–H groups in total. The first-order valence-electron chi connectivity index (χ1n) is 47.0. The minimum Gasteiger partial charge on any atom is -0.508 e. The van der Waals surface area contributed by atoms with Crippen LogP contribution in [0.4, 0.5) is 0 Å². The molecule has 0 aromatic heterocycles. The van der Waals surface area contributed by atoms with Gasteiger partial charge in [-0.15, -0.1) is 0 Å². The summed E-state index contributed by atoms with van der Waals surface area (Å²) in [5.74, 6) is 4.34. The molecule has 0 radical (unpaired) electrons. The SMILES string of the molecule is CC(C)[C@@H](CN1CC=CCC1)NC(=O)[C@H]1Cc2ccc(O)cc2CN1.CC(C)[C@@H](CN1CCCC1)NC(=O)[C@H]1Cc2ccc(O)cc2CN1.CC1=C(C)CN(C[C@@H](NC(=O)[C@H]2Cc3ccc(O)cc3CN2)C(C)C)CC1.CC1CCN(C[C@H](C(C)C)N(C)C(=O)[C@H]2Cc3ccc(O)cc3CN2)CC1.O=C(NCCN1CCCCC1)[C@H]1Cc2ccc(O)cc2CN1. The van der Waals surface area contributed by atoms with E-state index in [1.54, 1.807) is 60.7 Å². The van der Waals surface area contributed by atoms with Crippen molar-refractivity contribution >= 4 is 29.5 Å². The molecule has 25 nitrogen and oxygen atoms in total. The van der Waals surface area contributed by atoms with E-state index in [1.165, 1.54) is 56.1 Å². The zero-order valence-electron chi connectivity index (χ0n) is 77.1. The predicted octanol–water partition coefficient (Wildman–Crippen LogP) is 9.67. The summed E-state index contributed by atoms with van der Waals surface area (Å²) in [4.78, 5) is 78.1. The molecule has 125 heavy (non-hydrogen) atoms. The van der Waals surface area contributed by atoms with Gasteiger partial charge in [0.05, 0.1) is 30.2 Å². The first kappa shape index (κ1) is 97.1. The van der Waals surface area contributed by atoms with Crippen LogP contribution in [0.1, 0.15) is 190 Å². The van der Waals surface area contributed by atoms with Gasteiger partial charge in [0, 0.05) is 129 Å². The van der Waals surface area contributed by atoms with E-state index in [2.05, 4.69) is 161 Å². The number of hydrogen-bond acceptors (Lipinski definition) is 20. The Morgan fingerprint density at radius 2 is 0.760 bits per heavy atom. The number of likely N-dealkylation sites (N-methyl/N-ethyl adjacent to an activating group) is 1. The number of phenolic OH excluding ortho intramolecular Hbond substituents is 5. The maximum atomic E-state index is 13.2. The smallest absolute Gasteiger partial charge is 0.240 e. The van der Waals surface area contributed by atoms with Gasteiger partial charge in [-0.25, -0.2) is 0 Å². The number of amides is 5. The van der Waals surface area contributed by atoms with Crippen LogP contribution in [0.25, 0.3) is 0 Å². The Labute approximate surface area is 745 Å². The summed E-state index contributed by atoms with van der Waals surface area (Å²) in [7, 11) is 1.97. The highest BCUT2D eigenvalue weighted by atomic mass is 16.3. The molecule has 3 fully saturated rings. The number of likely N-dealkylation sites (tertiary alicyclic amines) is 3. The van der Waals surface area contributed by atoms with Crippen molar-refractivity contribution in [2.75, 3.05) is 112 Å². The number of aromatic hydroxyl groups is 5. The van der Waals surface area contributed by atoms with Crippen molar-refractivity contribution in [3.63, 3.8) is 0 Å². The quantitative estimate of drug-likeness (QED) is 0.0256. The lowest BCUT2D eigenvalue weighted by atomic mass is 9.93. The maximum absolute atomic E-state index is 13.2. The van der Waals surface area contributed by atoms with Crippen LogP contribution in [0.2, 0.25) is 0 Å². The van der Waals surface area contributed by atoms with Gasteiger partial charge in [-0.1, -0.05) is 122 Å². The molecule has 686 valence electrons. The fourth-order valence-electron chi connectivity index (χ4n) is 18.8. The van der Waals surface area contributed by atoms with Crippen molar-refractivity contribution in [1.29, 1.82) is 0 Å². The molecule has 5 aromatic carbocycles. The summed E-state index contributed by atoms with van der Waals surface area (Å²) in [6.07, 6.45) is 19.0. The number of fused-ring (bicyclic) bond motifs is 5. The van der Waals surface area contributed by atoms with Gasteiger partial charge >= 0.3 is 0 Å². The third-order valence-electron chi connectivity index (χ3n) is 27.5. The van der Waals surface area contributed by atoms with Gasteiger partial charge in [0.15, 0.2) is 0 Å². The van der Waals surface area contributed by atoms with Crippen LogP contribution in [0.3, 0.4) is 0 Å². The molecule has 0 bridgehead atoms. The second kappa shape index (κ2) is 47.5. The van der Waals surface area contributed by atoms with Gasteiger partial charge in [0.2, 0.25) is 29.5 Å². The Morgan fingerprint density at radius 1 is 0.400 bits per heavy atom. The summed E-state index contributed by atoms with van der Waals surface area (Å²) in [6.45, 7) is 43.7. The van der Waals surface area contributed by atoms with Crippen LogP contribution in [-0.2, 0) is 88.8 Å². The van der Waals surface area contributed by atoms with Crippen LogP contribution < -0.4 is 47.9 Å². The van der Waals surface area contributed by atoms with Crippen molar-refractivity contribution < 1.29 is 49.5 Å². The molecule has 25 heteroatoms. The van der Waals surface area contributed by atoms with Gasteiger partial charge in [0.25, 0.3) is 0 Å². The standard InChI is InChI=1S/C22H35N3O2.C22H33N3O2.C20H29N3O2.C19H29N3O2.C17H25N3O2/c1-15(2)21(14-25-9-7-16(3)8-10-25)24(4)22(27)20-12-17-5-6-19(26)11-18(17)13-23-20;1-14(2)21(13-25-8-7-15(3)16(4)12-25)24-22(27)20-10-17-5-6-19(26)9-18(17)11-23-20;1-14(2)19(13-23-8-4-3-5-9-23)22-20(25)18-11-15-6-7-17(24)10-16(15)12-21-18;1-13(2)18(12-22-7-3-4-8-22)21-19(24)17-10-14-5-6-16(23)9-15(14)11-20-17;21-15-5-4-13-11-16(19-12-14(13)10-15)17(22)18-6-9-20-7-2-1-3-8-20/h5-6,11,15-16,20-21,23,26H,7-10,12-14H2,1-4H3;5-6,9,14,20-21,23,26H,7-8,10-13H2,1-4H3,(H,24,27);3-4,6-7,10,14,18-19,21,24H,5,8-9,11-13H2,1-2H3,(H,22,25);5-6,9,13,17-18,20,23H,3-4,7-8,10-12H2,1-2H3,(H,21,24);4-5,10,16,19,21H,1-3,6-9,11-12H2,(H,18,22)/t2*20-,21-;18-,19-;17-,18-;16-/m11111/s1. The van der Waals surface area contributed by atoms with Crippen LogP contribution in [0.5, 0.6) is 28.7 Å². The number of piperidine rings is 2. The van der Waals surface area contributed by atoms with Gasteiger partial charge in [-0.2, -0.15) is 0 Å². The number of phenols is 5. The molecule has 0 unspecified atom stereocenters.